The monoisotopic (exact) mass is 460 g/mol. The highest BCUT2D eigenvalue weighted by Crippen LogP contribution is 2.46. The van der Waals surface area contributed by atoms with E-state index < -0.39 is 0 Å². The molecule has 0 radical (unpaired) electrons. The van der Waals surface area contributed by atoms with Gasteiger partial charge in [0.25, 0.3) is 0 Å². The Morgan fingerprint density at radius 1 is 0.333 bits per heavy atom. The predicted molar refractivity (Wildman–Crippen MR) is 144 cm³/mol. The summed E-state index contributed by atoms with van der Waals surface area (Å²) in [6.07, 6.45) is 3.90. The molecule has 0 fully saturated rings. The van der Waals surface area contributed by atoms with E-state index in [4.69, 9.17) is 19.9 Å². The predicted octanol–water partition coefficient (Wildman–Crippen LogP) is 7.58. The molecule has 168 valence electrons. The summed E-state index contributed by atoms with van der Waals surface area (Å²) in [5, 5.41) is 0. The Kier molecular flexibility index (Phi) is 4.74. The van der Waals surface area contributed by atoms with Crippen LogP contribution in [0.15, 0.2) is 122 Å². The minimum atomic E-state index is 0.707. The van der Waals surface area contributed by atoms with Crippen LogP contribution in [0.4, 0.5) is 0 Å². The summed E-state index contributed by atoms with van der Waals surface area (Å²) in [5.74, 6) is 1.41. The highest BCUT2D eigenvalue weighted by molar-refractivity contribution is 6.01. The Morgan fingerprint density at radius 3 is 1.11 bits per heavy atom. The Morgan fingerprint density at radius 2 is 0.694 bits per heavy atom. The van der Waals surface area contributed by atoms with Crippen molar-refractivity contribution in [2.75, 3.05) is 0 Å². The minimum Gasteiger partial charge on any atom is -0.236 e. The summed E-state index contributed by atoms with van der Waals surface area (Å²) in [6.45, 7) is 0. The molecule has 0 bridgehead atoms. The van der Waals surface area contributed by atoms with Crippen LogP contribution in [-0.4, -0.2) is 19.9 Å². The van der Waals surface area contributed by atoms with Gasteiger partial charge in [0.15, 0.2) is 11.6 Å². The molecule has 4 nitrogen and oxygen atoms in total. The van der Waals surface area contributed by atoms with Crippen LogP contribution < -0.4 is 0 Å². The van der Waals surface area contributed by atoms with Crippen LogP contribution in [0.1, 0.15) is 0 Å². The Bertz CT molecular complexity index is 1600. The first kappa shape index (κ1) is 20.4. The van der Waals surface area contributed by atoms with Crippen LogP contribution >= 0.6 is 0 Å². The van der Waals surface area contributed by atoms with Crippen molar-refractivity contribution < 1.29 is 0 Å². The number of hydrogen-bond acceptors (Lipinski definition) is 4. The van der Waals surface area contributed by atoms with Crippen molar-refractivity contribution in [3.8, 4) is 67.5 Å². The molecule has 2 aromatic heterocycles. The standard InChI is InChI=1S/C32H20N4/c1-3-11-21(12-4-1)31-33-19-27-24-16-8-10-18-26(24)30-28(23-15-7-9-17-25(23)29(27)35-31)20-34-32(36-30)22-13-5-2-6-14-22/h1-20H. The normalized spacial score (nSPS) is 11.3. The Hall–Kier alpha value is -4.96. The summed E-state index contributed by atoms with van der Waals surface area (Å²) in [6, 6.07) is 36.9. The molecule has 0 spiro atoms. The minimum absolute atomic E-state index is 0.707. The molecule has 0 saturated carbocycles. The summed E-state index contributed by atoms with van der Waals surface area (Å²) in [4.78, 5) is 19.8. The largest absolute Gasteiger partial charge is 0.236 e. The van der Waals surface area contributed by atoms with Gasteiger partial charge in [0.1, 0.15) is 0 Å². The first-order valence-electron chi connectivity index (χ1n) is 11.9. The highest BCUT2D eigenvalue weighted by atomic mass is 14.9. The van der Waals surface area contributed by atoms with Crippen LogP contribution in [0.5, 0.6) is 0 Å². The van der Waals surface area contributed by atoms with Gasteiger partial charge in [-0.25, -0.2) is 19.9 Å². The lowest BCUT2D eigenvalue weighted by atomic mass is 9.86. The molecule has 4 heteroatoms. The molecule has 0 amide bonds. The maximum Gasteiger partial charge on any atom is 0.159 e. The number of fused-ring (bicyclic) bond motifs is 8. The number of benzene rings is 4. The number of rotatable bonds is 2. The van der Waals surface area contributed by atoms with Gasteiger partial charge >= 0.3 is 0 Å². The SMILES string of the molecule is c1ccc(-c2ncc3c(n2)-c2ccccc2-c2cnc(-c4ccccc4)nc2-c2ccccc2-3)cc1. The van der Waals surface area contributed by atoms with Gasteiger partial charge in [-0.1, -0.05) is 109 Å². The quantitative estimate of drug-likeness (QED) is 0.267. The van der Waals surface area contributed by atoms with Gasteiger partial charge < -0.3 is 0 Å². The number of aromatic nitrogens is 4. The van der Waals surface area contributed by atoms with Crippen molar-refractivity contribution >= 4 is 0 Å². The van der Waals surface area contributed by atoms with Crippen molar-refractivity contribution in [2.24, 2.45) is 0 Å². The van der Waals surface area contributed by atoms with Crippen molar-refractivity contribution in [3.05, 3.63) is 122 Å². The third kappa shape index (κ3) is 3.31. The van der Waals surface area contributed by atoms with Crippen molar-refractivity contribution in [2.45, 2.75) is 0 Å². The molecule has 0 N–H and O–H groups in total. The molecular formula is C32H20N4. The third-order valence-corrected chi connectivity index (χ3v) is 6.59. The maximum atomic E-state index is 5.11. The number of nitrogens with zero attached hydrogens (tertiary/aromatic N) is 4. The topological polar surface area (TPSA) is 51.6 Å². The van der Waals surface area contributed by atoms with E-state index in [1.807, 2.05) is 73.1 Å². The van der Waals surface area contributed by atoms with E-state index in [2.05, 4.69) is 48.5 Å². The third-order valence-electron chi connectivity index (χ3n) is 6.59. The summed E-state index contributed by atoms with van der Waals surface area (Å²) < 4.78 is 0. The molecular weight excluding hydrogens is 440 g/mol. The van der Waals surface area contributed by atoms with E-state index in [9.17, 15) is 0 Å². The van der Waals surface area contributed by atoms with E-state index in [0.29, 0.717) is 11.6 Å². The molecule has 1 aliphatic rings. The Balaban J connectivity index is 1.54. The van der Waals surface area contributed by atoms with E-state index in [0.717, 1.165) is 55.9 Å². The fourth-order valence-corrected chi connectivity index (χ4v) is 4.87. The molecule has 4 aromatic carbocycles. The lowest BCUT2D eigenvalue weighted by Crippen LogP contribution is -2.03. The van der Waals surface area contributed by atoms with E-state index in [1.54, 1.807) is 0 Å². The first-order chi connectivity index (χ1) is 17.9. The van der Waals surface area contributed by atoms with Gasteiger partial charge in [-0.2, -0.15) is 0 Å². The van der Waals surface area contributed by atoms with Crippen LogP contribution in [0.3, 0.4) is 0 Å². The van der Waals surface area contributed by atoms with E-state index in [1.165, 1.54) is 0 Å². The zero-order valence-electron chi connectivity index (χ0n) is 19.3. The number of hydrogen-bond donors (Lipinski definition) is 0. The van der Waals surface area contributed by atoms with Crippen molar-refractivity contribution in [1.29, 1.82) is 0 Å². The molecule has 0 atom stereocenters. The van der Waals surface area contributed by atoms with Gasteiger partial charge in [-0.05, 0) is 11.1 Å². The molecule has 2 heterocycles. The van der Waals surface area contributed by atoms with Crippen LogP contribution in [0.25, 0.3) is 67.5 Å². The molecule has 0 unspecified atom stereocenters. The Labute approximate surface area is 209 Å². The smallest absolute Gasteiger partial charge is 0.159 e. The van der Waals surface area contributed by atoms with Gasteiger partial charge in [-0.3, -0.25) is 0 Å². The molecule has 7 rings (SSSR count). The lowest BCUT2D eigenvalue weighted by Gasteiger charge is -2.22. The maximum absolute atomic E-state index is 5.11. The lowest BCUT2D eigenvalue weighted by molar-refractivity contribution is 1.16. The second kappa shape index (κ2) is 8.36. The fourth-order valence-electron chi connectivity index (χ4n) is 4.87. The zero-order valence-corrected chi connectivity index (χ0v) is 19.3. The van der Waals surface area contributed by atoms with Gasteiger partial charge in [0.2, 0.25) is 0 Å². The van der Waals surface area contributed by atoms with Gasteiger partial charge in [0.05, 0.1) is 11.4 Å². The van der Waals surface area contributed by atoms with Crippen molar-refractivity contribution in [1.82, 2.24) is 19.9 Å². The highest BCUT2D eigenvalue weighted by Gasteiger charge is 2.25. The molecule has 1 aliphatic carbocycles. The average molecular weight is 461 g/mol. The second-order valence-electron chi connectivity index (χ2n) is 8.74. The molecule has 36 heavy (non-hydrogen) atoms. The van der Waals surface area contributed by atoms with Crippen LogP contribution in [-0.2, 0) is 0 Å². The fraction of sp³-hybridized carbons (Fsp3) is 0. The average Bonchev–Trinajstić information content (AvgIpc) is 2.97. The summed E-state index contributed by atoms with van der Waals surface area (Å²) in [5.41, 5.74) is 9.97. The molecule has 0 saturated heterocycles. The summed E-state index contributed by atoms with van der Waals surface area (Å²) in [7, 11) is 0. The van der Waals surface area contributed by atoms with Gasteiger partial charge in [-0.15, -0.1) is 0 Å². The van der Waals surface area contributed by atoms with Gasteiger partial charge in [0, 0.05) is 45.8 Å². The zero-order chi connectivity index (χ0) is 23.9. The second-order valence-corrected chi connectivity index (χ2v) is 8.74. The first-order valence-corrected chi connectivity index (χ1v) is 11.9. The van der Waals surface area contributed by atoms with Crippen LogP contribution in [0, 0.1) is 0 Å². The summed E-state index contributed by atoms with van der Waals surface area (Å²) >= 11 is 0. The molecule has 0 aliphatic heterocycles. The molecule has 6 aromatic rings. The van der Waals surface area contributed by atoms with Crippen molar-refractivity contribution in [3.63, 3.8) is 0 Å². The van der Waals surface area contributed by atoms with E-state index in [-0.39, 0.29) is 0 Å². The van der Waals surface area contributed by atoms with Crippen LogP contribution in [0.2, 0.25) is 0 Å². The van der Waals surface area contributed by atoms with E-state index >= 15 is 0 Å².